The summed E-state index contributed by atoms with van der Waals surface area (Å²) in [5, 5.41) is 3.33. The van der Waals surface area contributed by atoms with Crippen LogP contribution in [0.15, 0.2) is 90.3 Å². The zero-order valence-electron chi connectivity index (χ0n) is 22.5. The zero-order chi connectivity index (χ0) is 26.9. The SMILES string of the molecule is C#Cc1ccc2nc(-c3cccc(C#Cc4cc(CCCCCCCC)cs4)c3)cc(-c3ccccc3)c2c1. The Bertz CT molecular complexity index is 1660. The normalized spacial score (nSPS) is 10.7. The molecule has 0 aliphatic carbocycles. The molecule has 0 unspecified atom stereocenters. The van der Waals surface area contributed by atoms with Gasteiger partial charge in [0.1, 0.15) is 0 Å². The molecule has 0 N–H and O–H groups in total. The van der Waals surface area contributed by atoms with Gasteiger partial charge < -0.3 is 0 Å². The molecule has 0 saturated carbocycles. The first-order valence-corrected chi connectivity index (χ1v) is 14.8. The van der Waals surface area contributed by atoms with E-state index in [-0.39, 0.29) is 0 Å². The highest BCUT2D eigenvalue weighted by atomic mass is 32.1. The van der Waals surface area contributed by atoms with Crippen LogP contribution in [-0.4, -0.2) is 4.98 Å². The van der Waals surface area contributed by atoms with Crippen LogP contribution in [-0.2, 0) is 6.42 Å². The Morgan fingerprint density at radius 3 is 2.41 bits per heavy atom. The predicted octanol–water partition coefficient (Wildman–Crippen LogP) is 9.91. The molecule has 39 heavy (non-hydrogen) atoms. The average Bonchev–Trinajstić information content (AvgIpc) is 3.45. The van der Waals surface area contributed by atoms with Gasteiger partial charge in [0.2, 0.25) is 0 Å². The fraction of sp³-hybridized carbons (Fsp3) is 0.216. The number of hydrogen-bond acceptors (Lipinski definition) is 2. The van der Waals surface area contributed by atoms with Crippen LogP contribution in [0.3, 0.4) is 0 Å². The second-order valence-electron chi connectivity index (χ2n) is 9.97. The number of pyridine rings is 1. The number of benzene rings is 3. The lowest BCUT2D eigenvalue weighted by Gasteiger charge is -2.11. The highest BCUT2D eigenvalue weighted by molar-refractivity contribution is 7.10. The second kappa shape index (κ2) is 13.1. The summed E-state index contributed by atoms with van der Waals surface area (Å²) in [5.41, 5.74) is 8.44. The standard InChI is InChI=1S/C37H33NS/c1-3-5-6-7-8-10-14-30-24-33(39-27-30)21-19-29-15-13-18-32(23-29)37-26-34(31-16-11-9-12-17-31)35-25-28(4-2)20-22-36(35)38-37/h2,9,11-13,15-18,20,22-27H,3,5-8,10,14H2,1H3. The summed E-state index contributed by atoms with van der Waals surface area (Å²) in [6, 6.07) is 29.2. The van der Waals surface area contributed by atoms with E-state index >= 15 is 0 Å². The van der Waals surface area contributed by atoms with Crippen molar-refractivity contribution in [1.82, 2.24) is 4.98 Å². The third kappa shape index (κ3) is 6.86. The third-order valence-corrected chi connectivity index (χ3v) is 7.92. The Morgan fingerprint density at radius 1 is 0.744 bits per heavy atom. The van der Waals surface area contributed by atoms with Gasteiger partial charge in [0.05, 0.1) is 16.1 Å². The zero-order valence-corrected chi connectivity index (χ0v) is 23.4. The van der Waals surface area contributed by atoms with E-state index in [1.54, 1.807) is 11.3 Å². The molecule has 0 spiro atoms. The summed E-state index contributed by atoms with van der Waals surface area (Å²) in [5.74, 6) is 9.53. The van der Waals surface area contributed by atoms with E-state index in [0.29, 0.717) is 0 Å². The van der Waals surface area contributed by atoms with E-state index in [0.717, 1.165) is 55.7 Å². The van der Waals surface area contributed by atoms with Crippen molar-refractivity contribution < 1.29 is 0 Å². The van der Waals surface area contributed by atoms with Crippen LogP contribution in [0.25, 0.3) is 33.3 Å². The van der Waals surface area contributed by atoms with Gasteiger partial charge in [-0.25, -0.2) is 4.98 Å². The van der Waals surface area contributed by atoms with Gasteiger partial charge in [-0.3, -0.25) is 0 Å². The number of fused-ring (bicyclic) bond motifs is 1. The summed E-state index contributed by atoms with van der Waals surface area (Å²) in [7, 11) is 0. The smallest absolute Gasteiger partial charge is 0.0775 e. The van der Waals surface area contributed by atoms with Crippen LogP contribution in [0.2, 0.25) is 0 Å². The number of hydrogen-bond donors (Lipinski definition) is 0. The Morgan fingerprint density at radius 2 is 1.56 bits per heavy atom. The lowest BCUT2D eigenvalue weighted by molar-refractivity contribution is 0.608. The molecule has 5 aromatic rings. The van der Waals surface area contributed by atoms with Gasteiger partial charge >= 0.3 is 0 Å². The first-order chi connectivity index (χ1) is 19.2. The second-order valence-corrected chi connectivity index (χ2v) is 10.9. The van der Waals surface area contributed by atoms with Gasteiger partial charge in [-0.15, -0.1) is 17.8 Å². The summed E-state index contributed by atoms with van der Waals surface area (Å²) < 4.78 is 0. The number of rotatable bonds is 9. The predicted molar refractivity (Wildman–Crippen MR) is 168 cm³/mol. The van der Waals surface area contributed by atoms with Gasteiger partial charge in [0.25, 0.3) is 0 Å². The average molecular weight is 524 g/mol. The van der Waals surface area contributed by atoms with Gasteiger partial charge in [-0.2, -0.15) is 0 Å². The van der Waals surface area contributed by atoms with Gasteiger partial charge in [0, 0.05) is 22.1 Å². The molecule has 3 aromatic carbocycles. The summed E-state index contributed by atoms with van der Waals surface area (Å²) >= 11 is 1.75. The van der Waals surface area contributed by atoms with E-state index < -0.39 is 0 Å². The van der Waals surface area contributed by atoms with Crippen LogP contribution in [0, 0.1) is 24.2 Å². The Labute approximate surface area is 237 Å². The molecule has 2 aromatic heterocycles. The van der Waals surface area contributed by atoms with Crippen LogP contribution in [0.4, 0.5) is 0 Å². The highest BCUT2D eigenvalue weighted by Gasteiger charge is 2.10. The number of terminal acetylenes is 1. The highest BCUT2D eigenvalue weighted by Crippen LogP contribution is 2.33. The molecule has 0 radical (unpaired) electrons. The van der Waals surface area contributed by atoms with E-state index in [2.05, 4.69) is 96.8 Å². The topological polar surface area (TPSA) is 12.9 Å². The molecule has 2 heteroatoms. The number of thiophene rings is 1. The van der Waals surface area contributed by atoms with Crippen molar-refractivity contribution in [2.75, 3.05) is 0 Å². The molecule has 0 aliphatic rings. The maximum absolute atomic E-state index is 5.70. The third-order valence-electron chi connectivity index (χ3n) is 7.02. The van der Waals surface area contributed by atoms with Gasteiger partial charge in [-0.1, -0.05) is 99.3 Å². The molecule has 0 bridgehead atoms. The number of unbranched alkanes of at least 4 members (excludes halogenated alkanes) is 5. The van der Waals surface area contributed by atoms with E-state index in [1.807, 2.05) is 18.2 Å². The van der Waals surface area contributed by atoms with Crippen molar-refractivity contribution >= 4 is 22.2 Å². The molecule has 1 nitrogen and oxygen atoms in total. The molecular formula is C37H33NS. The maximum atomic E-state index is 5.70. The molecular weight excluding hydrogens is 490 g/mol. The molecule has 0 saturated heterocycles. The first-order valence-electron chi connectivity index (χ1n) is 13.9. The van der Waals surface area contributed by atoms with Gasteiger partial charge in [-0.05, 0) is 77.4 Å². The van der Waals surface area contributed by atoms with Crippen molar-refractivity contribution in [3.63, 3.8) is 0 Å². The van der Waals surface area contributed by atoms with Crippen molar-refractivity contribution in [2.24, 2.45) is 0 Å². The summed E-state index contributed by atoms with van der Waals surface area (Å²) in [4.78, 5) is 6.13. The van der Waals surface area contributed by atoms with Crippen molar-refractivity contribution in [3.8, 4) is 46.6 Å². The van der Waals surface area contributed by atoms with E-state index in [4.69, 9.17) is 11.4 Å². The Hall–Kier alpha value is -4.11. The summed E-state index contributed by atoms with van der Waals surface area (Å²) in [6.07, 6.45) is 14.8. The van der Waals surface area contributed by atoms with Crippen LogP contribution >= 0.6 is 11.3 Å². The quantitative estimate of drug-likeness (QED) is 0.138. The molecule has 5 rings (SSSR count). The van der Waals surface area contributed by atoms with E-state index in [1.165, 1.54) is 44.1 Å². The number of nitrogens with zero attached hydrogens (tertiary/aromatic N) is 1. The van der Waals surface area contributed by atoms with Crippen molar-refractivity contribution in [3.05, 3.63) is 112 Å². The van der Waals surface area contributed by atoms with Crippen LogP contribution in [0.5, 0.6) is 0 Å². The molecule has 0 amide bonds. The minimum Gasteiger partial charge on any atom is -0.248 e. The van der Waals surface area contributed by atoms with Crippen LogP contribution < -0.4 is 0 Å². The van der Waals surface area contributed by atoms with E-state index in [9.17, 15) is 0 Å². The number of aromatic nitrogens is 1. The molecule has 192 valence electrons. The summed E-state index contributed by atoms with van der Waals surface area (Å²) in [6.45, 7) is 2.27. The first kappa shape index (κ1) is 26.5. The lowest BCUT2D eigenvalue weighted by atomic mass is 9.97. The fourth-order valence-electron chi connectivity index (χ4n) is 4.89. The minimum atomic E-state index is 0.857. The molecule has 2 heterocycles. The van der Waals surface area contributed by atoms with Crippen molar-refractivity contribution in [2.45, 2.75) is 51.9 Å². The minimum absolute atomic E-state index is 0.857. The fourth-order valence-corrected chi connectivity index (χ4v) is 5.69. The van der Waals surface area contributed by atoms with Gasteiger partial charge in [0.15, 0.2) is 0 Å². The maximum Gasteiger partial charge on any atom is 0.0775 e. The molecule has 0 fully saturated rings. The monoisotopic (exact) mass is 523 g/mol. The number of aryl methyl sites for hydroxylation is 1. The van der Waals surface area contributed by atoms with Crippen LogP contribution in [0.1, 0.15) is 67.0 Å². The van der Waals surface area contributed by atoms with Crippen molar-refractivity contribution in [1.29, 1.82) is 0 Å². The lowest BCUT2D eigenvalue weighted by Crippen LogP contribution is -1.91. The molecule has 0 aliphatic heterocycles. The molecule has 0 atom stereocenters. The largest absolute Gasteiger partial charge is 0.248 e. The Balaban J connectivity index is 1.38. The Kier molecular flexibility index (Phi) is 8.90.